The first-order chi connectivity index (χ1) is 7.28. The summed E-state index contributed by atoms with van der Waals surface area (Å²) in [6.07, 6.45) is 0.895. The van der Waals surface area contributed by atoms with E-state index in [0.29, 0.717) is 18.4 Å². The zero-order chi connectivity index (χ0) is 12.3. The Morgan fingerprint density at radius 1 is 1.19 bits per heavy atom. The van der Waals surface area contributed by atoms with E-state index in [2.05, 4.69) is 0 Å². The van der Waals surface area contributed by atoms with Crippen LogP contribution in [0.15, 0.2) is 18.2 Å². The van der Waals surface area contributed by atoms with Gasteiger partial charge < -0.3 is 4.79 Å². The van der Waals surface area contributed by atoms with Gasteiger partial charge in [-0.3, -0.25) is 0 Å². The number of carbonyl (C=O) groups is 1. The van der Waals surface area contributed by atoms with Crippen molar-refractivity contribution in [1.29, 1.82) is 0 Å². The molecule has 0 radical (unpaired) electrons. The molecule has 0 aliphatic carbocycles. The maximum atomic E-state index is 13.0. The van der Waals surface area contributed by atoms with Crippen molar-refractivity contribution in [2.75, 3.05) is 0 Å². The summed E-state index contributed by atoms with van der Waals surface area (Å²) in [5.41, 5.74) is 0.315. The smallest absolute Gasteiger partial charge is 0.130 e. The molecule has 0 atom stereocenters. The molecule has 0 amide bonds. The van der Waals surface area contributed by atoms with E-state index in [0.717, 1.165) is 6.07 Å². The van der Waals surface area contributed by atoms with Crippen LogP contribution in [0.3, 0.4) is 0 Å². The van der Waals surface area contributed by atoms with Crippen molar-refractivity contribution < 1.29 is 13.6 Å². The van der Waals surface area contributed by atoms with Gasteiger partial charge in [0.1, 0.15) is 17.4 Å². The summed E-state index contributed by atoms with van der Waals surface area (Å²) >= 11 is 0. The summed E-state index contributed by atoms with van der Waals surface area (Å²) in [6.45, 7) is 5.35. The van der Waals surface area contributed by atoms with Gasteiger partial charge in [-0.25, -0.2) is 8.78 Å². The molecule has 0 fully saturated rings. The fourth-order valence-corrected chi connectivity index (χ4v) is 2.00. The van der Waals surface area contributed by atoms with Crippen molar-refractivity contribution in [3.05, 3.63) is 35.4 Å². The third-order valence-corrected chi connectivity index (χ3v) is 2.33. The molecule has 0 aliphatic heterocycles. The predicted octanol–water partition coefficient (Wildman–Crippen LogP) is 3.51. The van der Waals surface area contributed by atoms with E-state index in [4.69, 9.17) is 0 Å². The van der Waals surface area contributed by atoms with E-state index in [1.165, 1.54) is 19.1 Å². The first kappa shape index (κ1) is 12.8. The molecule has 0 saturated carbocycles. The van der Waals surface area contributed by atoms with Gasteiger partial charge in [0.05, 0.1) is 0 Å². The highest BCUT2D eigenvalue weighted by Crippen LogP contribution is 2.26. The van der Waals surface area contributed by atoms with Gasteiger partial charge in [0, 0.05) is 12.5 Å². The Balaban J connectivity index is 2.83. The largest absolute Gasteiger partial charge is 0.300 e. The number of rotatable bonds is 4. The Bertz CT molecular complexity index is 377. The molecule has 0 aromatic heterocycles. The monoisotopic (exact) mass is 226 g/mol. The quantitative estimate of drug-likeness (QED) is 0.767. The molecule has 0 spiro atoms. The molecule has 1 aromatic carbocycles. The minimum absolute atomic E-state index is 0.0851. The van der Waals surface area contributed by atoms with Crippen molar-refractivity contribution in [1.82, 2.24) is 0 Å². The molecule has 1 nitrogen and oxygen atoms in total. The second-order valence-corrected chi connectivity index (χ2v) is 5.00. The molecular formula is C13H16F2O. The maximum absolute atomic E-state index is 13.0. The second-order valence-electron chi connectivity index (χ2n) is 5.00. The van der Waals surface area contributed by atoms with Gasteiger partial charge in [-0.05, 0) is 36.5 Å². The third kappa shape index (κ3) is 4.09. The standard InChI is InChI=1S/C13H16F2O/c1-9(16)7-13(2,3)8-10-4-11(14)6-12(15)5-10/h4-6H,7-8H2,1-3H3. The van der Waals surface area contributed by atoms with Gasteiger partial charge in [0.15, 0.2) is 0 Å². The summed E-state index contributed by atoms with van der Waals surface area (Å²) in [5, 5.41) is 0. The second kappa shape index (κ2) is 4.73. The molecule has 88 valence electrons. The number of Topliss-reactive ketones (excluding diaryl/α,β-unsaturated/α-hetero) is 1. The summed E-state index contributed by atoms with van der Waals surface area (Å²) in [6, 6.07) is 3.47. The average Bonchev–Trinajstić information content (AvgIpc) is 1.95. The Labute approximate surface area is 94.5 Å². The van der Waals surface area contributed by atoms with Crippen LogP contribution in [0.25, 0.3) is 0 Å². The molecule has 16 heavy (non-hydrogen) atoms. The first-order valence-electron chi connectivity index (χ1n) is 5.23. The van der Waals surface area contributed by atoms with Crippen LogP contribution >= 0.6 is 0 Å². The maximum Gasteiger partial charge on any atom is 0.130 e. The predicted molar refractivity (Wildman–Crippen MR) is 59.1 cm³/mol. The van der Waals surface area contributed by atoms with Crippen molar-refractivity contribution in [3.8, 4) is 0 Å². The van der Waals surface area contributed by atoms with E-state index < -0.39 is 11.6 Å². The van der Waals surface area contributed by atoms with E-state index >= 15 is 0 Å². The lowest BCUT2D eigenvalue weighted by molar-refractivity contribution is -0.118. The van der Waals surface area contributed by atoms with Crippen LogP contribution in [-0.2, 0) is 11.2 Å². The van der Waals surface area contributed by atoms with E-state index in [1.807, 2.05) is 13.8 Å². The summed E-state index contributed by atoms with van der Waals surface area (Å²) in [4.78, 5) is 11.0. The van der Waals surface area contributed by atoms with Crippen LogP contribution in [0.5, 0.6) is 0 Å². The van der Waals surface area contributed by atoms with Crippen molar-refractivity contribution in [3.63, 3.8) is 0 Å². The highest BCUT2D eigenvalue weighted by Gasteiger charge is 2.21. The SMILES string of the molecule is CC(=O)CC(C)(C)Cc1cc(F)cc(F)c1. The normalized spacial score (nSPS) is 11.6. The fourth-order valence-electron chi connectivity index (χ4n) is 2.00. The molecule has 0 aliphatic rings. The lowest BCUT2D eigenvalue weighted by Crippen LogP contribution is -2.18. The average molecular weight is 226 g/mol. The summed E-state index contributed by atoms with van der Waals surface area (Å²) < 4.78 is 25.9. The number of benzene rings is 1. The van der Waals surface area contributed by atoms with Crippen molar-refractivity contribution in [2.45, 2.75) is 33.6 Å². The number of carbonyl (C=O) groups excluding carboxylic acids is 1. The van der Waals surface area contributed by atoms with Crippen LogP contribution < -0.4 is 0 Å². The zero-order valence-electron chi connectivity index (χ0n) is 9.81. The zero-order valence-corrected chi connectivity index (χ0v) is 9.81. The minimum atomic E-state index is -0.575. The summed E-state index contributed by atoms with van der Waals surface area (Å²) in [5.74, 6) is -1.07. The van der Waals surface area contributed by atoms with Crippen molar-refractivity contribution in [2.24, 2.45) is 5.41 Å². The fraction of sp³-hybridized carbons (Fsp3) is 0.462. The van der Waals surface area contributed by atoms with Crippen LogP contribution in [0.1, 0.15) is 32.8 Å². The molecule has 0 unspecified atom stereocenters. The number of ketones is 1. The van der Waals surface area contributed by atoms with Crippen LogP contribution in [-0.4, -0.2) is 5.78 Å². The highest BCUT2D eigenvalue weighted by atomic mass is 19.1. The molecule has 3 heteroatoms. The Morgan fingerprint density at radius 2 is 1.69 bits per heavy atom. The molecule has 0 bridgehead atoms. The summed E-state index contributed by atoms with van der Waals surface area (Å²) in [7, 11) is 0. The van der Waals surface area contributed by atoms with Crippen LogP contribution in [0.2, 0.25) is 0 Å². The van der Waals surface area contributed by atoms with E-state index in [-0.39, 0.29) is 11.2 Å². The third-order valence-electron chi connectivity index (χ3n) is 2.33. The topological polar surface area (TPSA) is 17.1 Å². The van der Waals surface area contributed by atoms with Gasteiger partial charge in [0.25, 0.3) is 0 Å². The molecule has 0 saturated heterocycles. The molecule has 1 aromatic rings. The lowest BCUT2D eigenvalue weighted by Gasteiger charge is -2.23. The molecule has 0 heterocycles. The number of hydrogen-bond acceptors (Lipinski definition) is 1. The number of hydrogen-bond donors (Lipinski definition) is 0. The first-order valence-corrected chi connectivity index (χ1v) is 5.23. The minimum Gasteiger partial charge on any atom is -0.300 e. The van der Waals surface area contributed by atoms with Gasteiger partial charge in [-0.1, -0.05) is 13.8 Å². The van der Waals surface area contributed by atoms with E-state index in [9.17, 15) is 13.6 Å². The molecule has 0 N–H and O–H groups in total. The van der Waals surface area contributed by atoms with Gasteiger partial charge >= 0.3 is 0 Å². The van der Waals surface area contributed by atoms with Gasteiger partial charge in [0.2, 0.25) is 0 Å². The van der Waals surface area contributed by atoms with Crippen LogP contribution in [0.4, 0.5) is 8.78 Å². The van der Waals surface area contributed by atoms with Crippen molar-refractivity contribution >= 4 is 5.78 Å². The molecule has 1 rings (SSSR count). The molecular weight excluding hydrogens is 210 g/mol. The Morgan fingerprint density at radius 3 is 2.12 bits per heavy atom. The lowest BCUT2D eigenvalue weighted by atomic mass is 9.81. The number of halogens is 2. The van der Waals surface area contributed by atoms with E-state index in [1.54, 1.807) is 0 Å². The highest BCUT2D eigenvalue weighted by molar-refractivity contribution is 5.76. The van der Waals surface area contributed by atoms with Crippen LogP contribution in [0, 0.1) is 17.0 Å². The Hall–Kier alpha value is -1.25. The van der Waals surface area contributed by atoms with Gasteiger partial charge in [-0.15, -0.1) is 0 Å². The Kier molecular flexibility index (Phi) is 3.79. The van der Waals surface area contributed by atoms with Gasteiger partial charge in [-0.2, -0.15) is 0 Å².